The molecule has 11 nitrogen and oxygen atoms in total. The second-order valence-electron chi connectivity index (χ2n) is 7.76. The molecule has 1 rings (SSSR count). The maximum atomic E-state index is 12.7. The van der Waals surface area contributed by atoms with E-state index in [2.05, 4.69) is 16.0 Å². The summed E-state index contributed by atoms with van der Waals surface area (Å²) < 4.78 is 0. The van der Waals surface area contributed by atoms with E-state index >= 15 is 0 Å². The summed E-state index contributed by atoms with van der Waals surface area (Å²) in [7, 11) is 0. The van der Waals surface area contributed by atoms with Crippen molar-refractivity contribution in [1.29, 1.82) is 0 Å². The molecule has 0 radical (unpaired) electrons. The van der Waals surface area contributed by atoms with E-state index in [4.69, 9.17) is 10.8 Å². The van der Waals surface area contributed by atoms with E-state index in [0.29, 0.717) is 0 Å². The van der Waals surface area contributed by atoms with Crippen LogP contribution in [0.1, 0.15) is 32.3 Å². The Morgan fingerprint density at radius 2 is 1.56 bits per heavy atom. The third-order valence-electron chi connectivity index (χ3n) is 4.41. The van der Waals surface area contributed by atoms with Crippen LogP contribution in [0.25, 0.3) is 0 Å². The Labute approximate surface area is 185 Å². The van der Waals surface area contributed by atoms with Crippen LogP contribution in [0.3, 0.4) is 0 Å². The van der Waals surface area contributed by atoms with Crippen LogP contribution >= 0.6 is 0 Å². The van der Waals surface area contributed by atoms with Gasteiger partial charge in [-0.1, -0.05) is 44.2 Å². The Kier molecular flexibility index (Phi) is 10.8. The fourth-order valence-electron chi connectivity index (χ4n) is 2.85. The third-order valence-corrected chi connectivity index (χ3v) is 4.41. The van der Waals surface area contributed by atoms with Crippen molar-refractivity contribution in [2.45, 2.75) is 51.2 Å². The van der Waals surface area contributed by atoms with E-state index in [1.807, 2.05) is 13.8 Å². The molecule has 0 heterocycles. The second kappa shape index (κ2) is 13.1. The zero-order valence-corrected chi connectivity index (χ0v) is 18.0. The van der Waals surface area contributed by atoms with Gasteiger partial charge in [-0.3, -0.25) is 19.2 Å². The number of hydrogen-bond acceptors (Lipinski definition) is 6. The molecule has 0 saturated heterocycles. The minimum Gasteiger partial charge on any atom is -0.481 e. The molecule has 0 aliphatic heterocycles. The first kappa shape index (κ1) is 26.6. The van der Waals surface area contributed by atoms with Crippen LogP contribution in [0.2, 0.25) is 0 Å². The molecule has 7 N–H and O–H groups in total. The van der Waals surface area contributed by atoms with E-state index in [1.165, 1.54) is 0 Å². The molecule has 0 aromatic heterocycles. The predicted octanol–water partition coefficient (Wildman–Crippen LogP) is -0.752. The highest BCUT2D eigenvalue weighted by Crippen LogP contribution is 2.08. The molecule has 0 fully saturated rings. The lowest BCUT2D eigenvalue weighted by Crippen LogP contribution is -2.54. The Balaban J connectivity index is 2.73. The molecule has 0 spiro atoms. The third kappa shape index (κ3) is 10.0. The fourth-order valence-corrected chi connectivity index (χ4v) is 2.85. The predicted molar refractivity (Wildman–Crippen MR) is 114 cm³/mol. The first-order chi connectivity index (χ1) is 15.0. The molecule has 11 heteroatoms. The monoisotopic (exact) mass is 450 g/mol. The van der Waals surface area contributed by atoms with Crippen LogP contribution in [-0.2, 0) is 30.4 Å². The van der Waals surface area contributed by atoms with Crippen LogP contribution in [0, 0.1) is 5.92 Å². The van der Waals surface area contributed by atoms with Crippen molar-refractivity contribution in [3.63, 3.8) is 0 Å². The summed E-state index contributed by atoms with van der Waals surface area (Å²) in [6.45, 7) is 3.15. The number of carboxylic acid groups (broad SMARTS) is 2. The van der Waals surface area contributed by atoms with Crippen LogP contribution in [0.5, 0.6) is 0 Å². The average Bonchev–Trinajstić information content (AvgIpc) is 2.70. The summed E-state index contributed by atoms with van der Waals surface area (Å²) in [5.74, 6) is -4.64. The molecule has 0 saturated carbocycles. The number of carbonyl (C=O) groups is 5. The Hall–Kier alpha value is -3.47. The number of aliphatic carboxylic acids is 2. The minimum atomic E-state index is -1.32. The molecular weight excluding hydrogens is 420 g/mol. The number of benzene rings is 1. The van der Waals surface area contributed by atoms with Crippen LogP contribution in [0.4, 0.5) is 0 Å². The standard InChI is InChI=1S/C21H30N4O7/c1-12(2)8-15(24-17(26)11-23-19(29)14(22)10-18(27)28)20(30)25-16(21(31)32)9-13-6-4-3-5-7-13/h3-7,12,14-16H,8-11,22H2,1-2H3,(H,23,29)(H,24,26)(H,25,30)(H,27,28)(H,31,32). The van der Waals surface area contributed by atoms with Crippen molar-refractivity contribution in [3.8, 4) is 0 Å². The van der Waals surface area contributed by atoms with Gasteiger partial charge in [0, 0.05) is 6.42 Å². The molecule has 32 heavy (non-hydrogen) atoms. The molecule has 3 unspecified atom stereocenters. The Morgan fingerprint density at radius 1 is 0.938 bits per heavy atom. The van der Waals surface area contributed by atoms with Gasteiger partial charge in [0.2, 0.25) is 17.7 Å². The summed E-state index contributed by atoms with van der Waals surface area (Å²) in [5.41, 5.74) is 6.15. The van der Waals surface area contributed by atoms with Crippen molar-refractivity contribution >= 4 is 29.7 Å². The molecule has 3 atom stereocenters. The number of hydrogen-bond donors (Lipinski definition) is 6. The normalized spacial score (nSPS) is 13.5. The van der Waals surface area contributed by atoms with Gasteiger partial charge in [0.15, 0.2) is 0 Å². The van der Waals surface area contributed by atoms with Crippen LogP contribution in [0.15, 0.2) is 30.3 Å². The molecule has 0 bridgehead atoms. The molecule has 1 aromatic carbocycles. The van der Waals surface area contributed by atoms with E-state index in [0.717, 1.165) is 5.56 Å². The first-order valence-corrected chi connectivity index (χ1v) is 10.1. The highest BCUT2D eigenvalue weighted by Gasteiger charge is 2.27. The van der Waals surface area contributed by atoms with Crippen LogP contribution in [-0.4, -0.2) is 64.5 Å². The highest BCUT2D eigenvalue weighted by atomic mass is 16.4. The summed E-state index contributed by atoms with van der Waals surface area (Å²) in [6.07, 6.45) is -0.284. The molecular formula is C21H30N4O7. The van der Waals surface area contributed by atoms with Crippen molar-refractivity contribution in [1.82, 2.24) is 16.0 Å². The second-order valence-corrected chi connectivity index (χ2v) is 7.76. The van der Waals surface area contributed by atoms with Gasteiger partial charge in [0.25, 0.3) is 0 Å². The lowest BCUT2D eigenvalue weighted by atomic mass is 10.0. The molecule has 3 amide bonds. The smallest absolute Gasteiger partial charge is 0.326 e. The minimum absolute atomic E-state index is 0.00188. The maximum absolute atomic E-state index is 12.7. The topological polar surface area (TPSA) is 188 Å². The summed E-state index contributed by atoms with van der Waals surface area (Å²) in [4.78, 5) is 58.9. The van der Waals surface area contributed by atoms with Crippen molar-refractivity contribution in [2.24, 2.45) is 11.7 Å². The SMILES string of the molecule is CC(C)CC(NC(=O)CNC(=O)C(N)CC(=O)O)C(=O)NC(Cc1ccccc1)C(=O)O. The van der Waals surface area contributed by atoms with E-state index < -0.39 is 60.8 Å². The number of nitrogens with two attached hydrogens (primary N) is 1. The van der Waals surface area contributed by atoms with Crippen molar-refractivity contribution in [2.75, 3.05) is 6.54 Å². The Morgan fingerprint density at radius 3 is 2.09 bits per heavy atom. The zero-order valence-electron chi connectivity index (χ0n) is 18.0. The number of carbonyl (C=O) groups excluding carboxylic acids is 3. The zero-order chi connectivity index (χ0) is 24.3. The lowest BCUT2D eigenvalue weighted by Gasteiger charge is -2.23. The van der Waals surface area contributed by atoms with Gasteiger partial charge in [-0.2, -0.15) is 0 Å². The van der Waals surface area contributed by atoms with Crippen molar-refractivity contribution < 1.29 is 34.2 Å². The van der Waals surface area contributed by atoms with Gasteiger partial charge in [-0.15, -0.1) is 0 Å². The first-order valence-electron chi connectivity index (χ1n) is 10.1. The van der Waals surface area contributed by atoms with Crippen LogP contribution < -0.4 is 21.7 Å². The summed E-state index contributed by atoms with van der Waals surface area (Å²) in [6, 6.07) is 5.27. The van der Waals surface area contributed by atoms with Gasteiger partial charge in [0.1, 0.15) is 12.1 Å². The van der Waals surface area contributed by atoms with Gasteiger partial charge in [-0.25, -0.2) is 4.79 Å². The van der Waals surface area contributed by atoms with E-state index in [1.54, 1.807) is 30.3 Å². The van der Waals surface area contributed by atoms with Gasteiger partial charge < -0.3 is 31.9 Å². The largest absolute Gasteiger partial charge is 0.481 e. The molecule has 1 aromatic rings. The quantitative estimate of drug-likeness (QED) is 0.226. The van der Waals surface area contributed by atoms with E-state index in [-0.39, 0.29) is 18.8 Å². The van der Waals surface area contributed by atoms with Gasteiger partial charge in [0.05, 0.1) is 19.0 Å². The number of amides is 3. The Bertz CT molecular complexity index is 814. The number of nitrogens with one attached hydrogen (secondary N) is 3. The highest BCUT2D eigenvalue weighted by molar-refractivity contribution is 5.93. The summed E-state index contributed by atoms with van der Waals surface area (Å²) >= 11 is 0. The average molecular weight is 450 g/mol. The number of rotatable bonds is 13. The van der Waals surface area contributed by atoms with E-state index in [9.17, 15) is 29.1 Å². The van der Waals surface area contributed by atoms with Gasteiger partial charge in [-0.05, 0) is 17.9 Å². The molecule has 176 valence electrons. The van der Waals surface area contributed by atoms with Gasteiger partial charge >= 0.3 is 11.9 Å². The summed E-state index contributed by atoms with van der Waals surface area (Å²) in [5, 5.41) is 25.3. The molecule has 0 aliphatic carbocycles. The fraction of sp³-hybridized carbons (Fsp3) is 0.476. The maximum Gasteiger partial charge on any atom is 0.326 e. The molecule has 0 aliphatic rings. The van der Waals surface area contributed by atoms with Crippen molar-refractivity contribution in [3.05, 3.63) is 35.9 Å². The lowest BCUT2D eigenvalue weighted by molar-refractivity contribution is -0.142. The number of carboxylic acids is 2.